The standard InChI is InChI=1S/C14H24NO.ClH/c1-2-8-14-9-7-11-15(13-14)10-5-3-4-6-12-16;/h7,9,11,13,16H,2-6,8,10,12H2,1H3;1H/q+1;/p-1. The Bertz CT molecular complexity index is 291. The van der Waals surface area contributed by atoms with Gasteiger partial charge in [0.2, 0.25) is 0 Å². The normalized spacial score (nSPS) is 10.0. The van der Waals surface area contributed by atoms with Crippen LogP contribution in [0.15, 0.2) is 24.5 Å². The molecule has 0 aromatic carbocycles. The number of halogens is 1. The molecule has 0 aliphatic heterocycles. The Kier molecular flexibility index (Phi) is 10.2. The minimum Gasteiger partial charge on any atom is -1.00 e. The van der Waals surface area contributed by atoms with Gasteiger partial charge in [-0.15, -0.1) is 0 Å². The zero-order valence-electron chi connectivity index (χ0n) is 10.7. The summed E-state index contributed by atoms with van der Waals surface area (Å²) in [5.74, 6) is 0. The first kappa shape index (κ1) is 16.4. The van der Waals surface area contributed by atoms with Gasteiger partial charge in [-0.3, -0.25) is 0 Å². The highest BCUT2D eigenvalue weighted by Crippen LogP contribution is 2.01. The summed E-state index contributed by atoms with van der Waals surface area (Å²) in [6.07, 6.45) is 11.3. The monoisotopic (exact) mass is 257 g/mol. The number of aryl methyl sites for hydroxylation is 2. The second-order valence-corrected chi connectivity index (χ2v) is 4.34. The smallest absolute Gasteiger partial charge is 0.171 e. The molecule has 0 radical (unpaired) electrons. The van der Waals surface area contributed by atoms with Crippen molar-refractivity contribution in [2.24, 2.45) is 0 Å². The molecule has 17 heavy (non-hydrogen) atoms. The molecule has 0 amide bonds. The summed E-state index contributed by atoms with van der Waals surface area (Å²) in [4.78, 5) is 0. The van der Waals surface area contributed by atoms with Crippen LogP contribution in [0.1, 0.15) is 44.6 Å². The third-order valence-electron chi connectivity index (χ3n) is 2.78. The number of aromatic nitrogens is 1. The molecule has 0 spiro atoms. The highest BCUT2D eigenvalue weighted by atomic mass is 35.5. The highest BCUT2D eigenvalue weighted by molar-refractivity contribution is 5.04. The quantitative estimate of drug-likeness (QED) is 0.492. The minimum absolute atomic E-state index is 0. The molecule has 2 nitrogen and oxygen atoms in total. The number of hydrogen-bond acceptors (Lipinski definition) is 1. The predicted octanol–water partition coefficient (Wildman–Crippen LogP) is -0.517. The fourth-order valence-electron chi connectivity index (χ4n) is 1.91. The van der Waals surface area contributed by atoms with Crippen molar-refractivity contribution in [3.8, 4) is 0 Å². The molecule has 98 valence electrons. The maximum atomic E-state index is 8.67. The van der Waals surface area contributed by atoms with Gasteiger partial charge in [-0.2, -0.15) is 0 Å². The molecule has 1 N–H and O–H groups in total. The summed E-state index contributed by atoms with van der Waals surface area (Å²) in [6, 6.07) is 4.34. The van der Waals surface area contributed by atoms with Crippen LogP contribution in [0.5, 0.6) is 0 Å². The summed E-state index contributed by atoms with van der Waals surface area (Å²) in [5.41, 5.74) is 1.43. The van der Waals surface area contributed by atoms with E-state index in [2.05, 4.69) is 36.0 Å². The van der Waals surface area contributed by atoms with Crippen LogP contribution < -0.4 is 17.0 Å². The van der Waals surface area contributed by atoms with Crippen LogP contribution in [-0.4, -0.2) is 11.7 Å². The van der Waals surface area contributed by atoms with Crippen molar-refractivity contribution in [1.82, 2.24) is 0 Å². The topological polar surface area (TPSA) is 24.1 Å². The Balaban J connectivity index is 0.00000256. The number of unbranched alkanes of at least 4 members (excludes halogenated alkanes) is 3. The van der Waals surface area contributed by atoms with E-state index in [1.54, 1.807) is 0 Å². The van der Waals surface area contributed by atoms with Crippen molar-refractivity contribution >= 4 is 0 Å². The van der Waals surface area contributed by atoms with E-state index in [9.17, 15) is 0 Å². The van der Waals surface area contributed by atoms with E-state index in [4.69, 9.17) is 5.11 Å². The van der Waals surface area contributed by atoms with Gasteiger partial charge in [-0.25, -0.2) is 4.57 Å². The molecule has 1 rings (SSSR count). The molecule has 1 aromatic rings. The minimum atomic E-state index is 0. The van der Waals surface area contributed by atoms with Gasteiger partial charge in [0.25, 0.3) is 0 Å². The SMILES string of the molecule is CCCc1ccc[n+](CCCCCCO)c1.[Cl-]. The van der Waals surface area contributed by atoms with Crippen molar-refractivity contribution in [3.63, 3.8) is 0 Å². The molecule has 0 fully saturated rings. The Morgan fingerprint density at radius 2 is 1.94 bits per heavy atom. The highest BCUT2D eigenvalue weighted by Gasteiger charge is 2.01. The molecule has 0 bridgehead atoms. The molecule has 0 aliphatic rings. The van der Waals surface area contributed by atoms with Gasteiger partial charge in [0, 0.05) is 24.7 Å². The van der Waals surface area contributed by atoms with Crippen LogP contribution in [0, 0.1) is 0 Å². The van der Waals surface area contributed by atoms with E-state index in [-0.39, 0.29) is 12.4 Å². The summed E-state index contributed by atoms with van der Waals surface area (Å²) in [6.45, 7) is 3.65. The van der Waals surface area contributed by atoms with Gasteiger partial charge in [0.05, 0.1) is 0 Å². The average Bonchev–Trinajstić information content (AvgIpc) is 2.30. The number of rotatable bonds is 8. The third-order valence-corrected chi connectivity index (χ3v) is 2.78. The second-order valence-electron chi connectivity index (χ2n) is 4.34. The average molecular weight is 258 g/mol. The lowest BCUT2D eigenvalue weighted by atomic mass is 10.1. The van der Waals surface area contributed by atoms with Crippen LogP contribution in [0.25, 0.3) is 0 Å². The van der Waals surface area contributed by atoms with Crippen LogP contribution in [0.2, 0.25) is 0 Å². The van der Waals surface area contributed by atoms with Crippen molar-refractivity contribution in [1.29, 1.82) is 0 Å². The largest absolute Gasteiger partial charge is 1.00 e. The molecule has 0 aliphatic carbocycles. The lowest BCUT2D eigenvalue weighted by Crippen LogP contribution is -3.00. The molecule has 1 heterocycles. The first-order valence-electron chi connectivity index (χ1n) is 6.45. The summed E-state index contributed by atoms with van der Waals surface area (Å²) >= 11 is 0. The van der Waals surface area contributed by atoms with Crippen LogP contribution in [-0.2, 0) is 13.0 Å². The number of hydrogen-bond donors (Lipinski definition) is 1. The number of aliphatic hydroxyl groups excluding tert-OH is 1. The van der Waals surface area contributed by atoms with E-state index < -0.39 is 0 Å². The lowest BCUT2D eigenvalue weighted by molar-refractivity contribution is -0.697. The van der Waals surface area contributed by atoms with Crippen LogP contribution >= 0.6 is 0 Å². The van der Waals surface area contributed by atoms with E-state index in [1.807, 2.05) is 0 Å². The number of aliphatic hydroxyl groups is 1. The first-order valence-corrected chi connectivity index (χ1v) is 6.45. The van der Waals surface area contributed by atoms with Gasteiger partial charge >= 0.3 is 0 Å². The Morgan fingerprint density at radius 3 is 2.65 bits per heavy atom. The third kappa shape index (κ3) is 7.35. The maximum absolute atomic E-state index is 8.67. The molecular formula is C14H24ClNO. The second kappa shape index (κ2) is 10.5. The molecule has 0 unspecified atom stereocenters. The Hall–Kier alpha value is -0.600. The summed E-state index contributed by atoms with van der Waals surface area (Å²) in [5, 5.41) is 8.67. The molecule has 0 atom stereocenters. The van der Waals surface area contributed by atoms with Crippen molar-refractivity contribution in [3.05, 3.63) is 30.1 Å². The molecule has 0 saturated heterocycles. The molecular weight excluding hydrogens is 234 g/mol. The lowest BCUT2D eigenvalue weighted by Gasteiger charge is -2.00. The molecule has 3 heteroatoms. The zero-order valence-corrected chi connectivity index (χ0v) is 11.5. The Labute approximate surface area is 111 Å². The van der Waals surface area contributed by atoms with Gasteiger partial charge < -0.3 is 17.5 Å². The van der Waals surface area contributed by atoms with Crippen molar-refractivity contribution in [2.45, 2.75) is 52.0 Å². The molecule has 1 aromatic heterocycles. The van der Waals surface area contributed by atoms with E-state index in [0.717, 1.165) is 19.4 Å². The number of pyridine rings is 1. The zero-order chi connectivity index (χ0) is 11.6. The van der Waals surface area contributed by atoms with Gasteiger partial charge in [0.1, 0.15) is 6.54 Å². The molecule has 0 saturated carbocycles. The van der Waals surface area contributed by atoms with Crippen molar-refractivity contribution in [2.75, 3.05) is 6.61 Å². The fraction of sp³-hybridized carbons (Fsp3) is 0.643. The Morgan fingerprint density at radius 1 is 1.18 bits per heavy atom. The van der Waals surface area contributed by atoms with Gasteiger partial charge in [0.15, 0.2) is 12.4 Å². The fourth-order valence-corrected chi connectivity index (χ4v) is 1.91. The van der Waals surface area contributed by atoms with Crippen molar-refractivity contribution < 1.29 is 22.1 Å². The van der Waals surface area contributed by atoms with Gasteiger partial charge in [-0.05, 0) is 25.3 Å². The first-order chi connectivity index (χ1) is 7.86. The van der Waals surface area contributed by atoms with Crippen LogP contribution in [0.3, 0.4) is 0 Å². The van der Waals surface area contributed by atoms with E-state index in [1.165, 1.54) is 31.2 Å². The predicted molar refractivity (Wildman–Crippen MR) is 66.2 cm³/mol. The van der Waals surface area contributed by atoms with Gasteiger partial charge in [-0.1, -0.05) is 19.8 Å². The van der Waals surface area contributed by atoms with E-state index in [0.29, 0.717) is 6.61 Å². The summed E-state index contributed by atoms with van der Waals surface area (Å²) in [7, 11) is 0. The van der Waals surface area contributed by atoms with E-state index >= 15 is 0 Å². The summed E-state index contributed by atoms with van der Waals surface area (Å²) < 4.78 is 2.28. The maximum Gasteiger partial charge on any atom is 0.171 e. The number of nitrogens with zero attached hydrogens (tertiary/aromatic N) is 1. The van der Waals surface area contributed by atoms with Crippen LogP contribution in [0.4, 0.5) is 0 Å².